The molecule has 2 N–H and O–H groups in total. The zero-order valence-corrected chi connectivity index (χ0v) is 10.4. The highest BCUT2D eigenvalue weighted by atomic mass is 32.2. The lowest BCUT2D eigenvalue weighted by atomic mass is 10.3. The molecule has 2 heterocycles. The zero-order valence-electron chi connectivity index (χ0n) is 9.59. The second kappa shape index (κ2) is 4.59. The van der Waals surface area contributed by atoms with Crippen molar-refractivity contribution in [2.45, 2.75) is 11.8 Å². The Hall–Kier alpha value is -1.18. The first-order valence-corrected chi connectivity index (χ1v) is 6.76. The van der Waals surface area contributed by atoms with Crippen LogP contribution in [0, 0.1) is 6.92 Å². The quantitative estimate of drug-likeness (QED) is 0.805. The first-order chi connectivity index (χ1) is 8.01. The summed E-state index contributed by atoms with van der Waals surface area (Å²) in [7, 11) is -3.47. The third kappa shape index (κ3) is 2.41. The predicted octanol–water partition coefficient (Wildman–Crippen LogP) is -0.00688. The Morgan fingerprint density at radius 1 is 1.41 bits per heavy atom. The maximum atomic E-state index is 12.2. The Morgan fingerprint density at radius 2 is 2.06 bits per heavy atom. The van der Waals surface area contributed by atoms with E-state index < -0.39 is 10.0 Å². The van der Waals surface area contributed by atoms with Crippen molar-refractivity contribution in [2.75, 3.05) is 32.0 Å². The van der Waals surface area contributed by atoms with Crippen molar-refractivity contribution >= 4 is 15.8 Å². The smallest absolute Gasteiger partial charge is 0.244 e. The number of nitrogen functional groups attached to an aromatic ring is 1. The fraction of sp³-hybridized carbons (Fsp3) is 0.500. The van der Waals surface area contributed by atoms with Crippen LogP contribution in [0.25, 0.3) is 0 Å². The lowest BCUT2D eigenvalue weighted by Crippen LogP contribution is -2.40. The molecule has 6 nitrogen and oxygen atoms in total. The molecule has 0 radical (unpaired) electrons. The molecule has 0 atom stereocenters. The first-order valence-electron chi connectivity index (χ1n) is 5.32. The molecule has 0 saturated carbocycles. The number of aryl methyl sites for hydroxylation is 1. The summed E-state index contributed by atoms with van der Waals surface area (Å²) >= 11 is 0. The number of nitrogens with zero attached hydrogens (tertiary/aromatic N) is 2. The molecule has 94 valence electrons. The van der Waals surface area contributed by atoms with Gasteiger partial charge in [0.15, 0.2) is 0 Å². The number of anilines is 1. The van der Waals surface area contributed by atoms with Gasteiger partial charge in [-0.2, -0.15) is 4.31 Å². The van der Waals surface area contributed by atoms with Crippen molar-refractivity contribution in [3.05, 3.63) is 17.8 Å². The summed E-state index contributed by atoms with van der Waals surface area (Å²) in [5, 5.41) is 0. The Bertz CT molecular complexity index is 510. The zero-order chi connectivity index (χ0) is 12.5. The van der Waals surface area contributed by atoms with Crippen LogP contribution in [-0.4, -0.2) is 44.0 Å². The molecule has 0 aromatic carbocycles. The van der Waals surface area contributed by atoms with E-state index in [9.17, 15) is 8.42 Å². The Balaban J connectivity index is 2.33. The highest BCUT2D eigenvalue weighted by Crippen LogP contribution is 2.19. The first kappa shape index (κ1) is 12.3. The van der Waals surface area contributed by atoms with Gasteiger partial charge in [0.25, 0.3) is 0 Å². The number of morpholine rings is 1. The summed E-state index contributed by atoms with van der Waals surface area (Å²) in [5.74, 6) is 0.353. The molecule has 1 aromatic rings. The average molecular weight is 257 g/mol. The molecule has 1 fully saturated rings. The Kier molecular flexibility index (Phi) is 3.32. The molecule has 2 rings (SSSR count). The fourth-order valence-corrected chi connectivity index (χ4v) is 3.08. The number of pyridine rings is 1. The predicted molar refractivity (Wildman–Crippen MR) is 63.0 cm³/mol. The topological polar surface area (TPSA) is 85.5 Å². The molecule has 0 aliphatic carbocycles. The minimum Gasteiger partial charge on any atom is -0.383 e. The van der Waals surface area contributed by atoms with E-state index in [0.29, 0.717) is 37.7 Å². The number of hydrogen-bond donors (Lipinski definition) is 1. The second-order valence-corrected chi connectivity index (χ2v) is 5.83. The van der Waals surface area contributed by atoms with Crippen LogP contribution in [0.4, 0.5) is 5.82 Å². The minimum absolute atomic E-state index is 0.186. The van der Waals surface area contributed by atoms with E-state index in [0.717, 1.165) is 0 Å². The SMILES string of the molecule is Cc1cc(S(=O)(=O)N2CCOCC2)cnc1N. The third-order valence-corrected chi connectivity index (χ3v) is 4.57. The number of sulfonamides is 1. The van der Waals surface area contributed by atoms with Crippen LogP contribution in [-0.2, 0) is 14.8 Å². The molecule has 0 unspecified atom stereocenters. The van der Waals surface area contributed by atoms with Crippen LogP contribution in [0.15, 0.2) is 17.2 Å². The molecule has 0 amide bonds. The number of ether oxygens (including phenoxy) is 1. The summed E-state index contributed by atoms with van der Waals surface area (Å²) in [6.45, 7) is 3.36. The van der Waals surface area contributed by atoms with Gasteiger partial charge < -0.3 is 10.5 Å². The van der Waals surface area contributed by atoms with Gasteiger partial charge in [0.2, 0.25) is 10.0 Å². The van der Waals surface area contributed by atoms with Crippen molar-refractivity contribution in [2.24, 2.45) is 0 Å². The molecule has 1 aliphatic rings. The summed E-state index contributed by atoms with van der Waals surface area (Å²) in [4.78, 5) is 4.07. The van der Waals surface area contributed by atoms with Crippen molar-refractivity contribution in [3.63, 3.8) is 0 Å². The molecule has 0 bridgehead atoms. The van der Waals surface area contributed by atoms with Crippen LogP contribution in [0.3, 0.4) is 0 Å². The number of nitrogens with two attached hydrogens (primary N) is 1. The molecule has 17 heavy (non-hydrogen) atoms. The summed E-state index contributed by atoms with van der Waals surface area (Å²) in [6, 6.07) is 1.55. The third-order valence-electron chi connectivity index (χ3n) is 2.70. The van der Waals surface area contributed by atoms with Crippen LogP contribution >= 0.6 is 0 Å². The van der Waals surface area contributed by atoms with Gasteiger partial charge in [-0.25, -0.2) is 13.4 Å². The van der Waals surface area contributed by atoms with Crippen LogP contribution in [0.5, 0.6) is 0 Å². The van der Waals surface area contributed by atoms with Gasteiger partial charge in [-0.3, -0.25) is 0 Å². The summed E-state index contributed by atoms with van der Waals surface area (Å²) in [5.41, 5.74) is 6.24. The van der Waals surface area contributed by atoms with E-state index in [-0.39, 0.29) is 4.90 Å². The van der Waals surface area contributed by atoms with Gasteiger partial charge in [0.1, 0.15) is 10.7 Å². The van der Waals surface area contributed by atoms with Crippen molar-refractivity contribution in [3.8, 4) is 0 Å². The van der Waals surface area contributed by atoms with Crippen LogP contribution in [0.2, 0.25) is 0 Å². The second-order valence-electron chi connectivity index (χ2n) is 3.89. The molecular weight excluding hydrogens is 242 g/mol. The average Bonchev–Trinajstić information content (AvgIpc) is 2.33. The monoisotopic (exact) mass is 257 g/mol. The summed E-state index contributed by atoms with van der Waals surface area (Å²) < 4.78 is 31.0. The van der Waals surface area contributed by atoms with E-state index in [1.54, 1.807) is 13.0 Å². The fourth-order valence-electron chi connectivity index (χ4n) is 1.64. The molecule has 1 aliphatic heterocycles. The van der Waals surface area contributed by atoms with Gasteiger partial charge in [0, 0.05) is 19.3 Å². The molecule has 1 saturated heterocycles. The van der Waals surface area contributed by atoms with Gasteiger partial charge >= 0.3 is 0 Å². The molecule has 1 aromatic heterocycles. The van der Waals surface area contributed by atoms with Gasteiger partial charge in [-0.1, -0.05) is 0 Å². The minimum atomic E-state index is -3.47. The lowest BCUT2D eigenvalue weighted by molar-refractivity contribution is 0.0730. The van der Waals surface area contributed by atoms with Crippen LogP contribution < -0.4 is 5.73 Å². The number of hydrogen-bond acceptors (Lipinski definition) is 5. The number of aromatic nitrogens is 1. The normalized spacial score (nSPS) is 18.2. The van der Waals surface area contributed by atoms with Gasteiger partial charge in [0.05, 0.1) is 13.2 Å². The van der Waals surface area contributed by atoms with E-state index in [2.05, 4.69) is 4.98 Å². The van der Waals surface area contributed by atoms with Crippen molar-refractivity contribution < 1.29 is 13.2 Å². The highest BCUT2D eigenvalue weighted by molar-refractivity contribution is 7.89. The van der Waals surface area contributed by atoms with Gasteiger partial charge in [-0.15, -0.1) is 0 Å². The maximum Gasteiger partial charge on any atom is 0.244 e. The largest absolute Gasteiger partial charge is 0.383 e. The number of rotatable bonds is 2. The molecule has 7 heteroatoms. The highest BCUT2D eigenvalue weighted by Gasteiger charge is 2.26. The standard InChI is InChI=1S/C10H15N3O3S/c1-8-6-9(7-12-10(8)11)17(14,15)13-2-4-16-5-3-13/h6-7H,2-5H2,1H3,(H2,11,12). The van der Waals surface area contributed by atoms with E-state index in [1.807, 2.05) is 0 Å². The van der Waals surface area contributed by atoms with E-state index in [1.165, 1.54) is 10.5 Å². The Morgan fingerprint density at radius 3 is 2.65 bits per heavy atom. The lowest BCUT2D eigenvalue weighted by Gasteiger charge is -2.26. The van der Waals surface area contributed by atoms with Crippen molar-refractivity contribution in [1.82, 2.24) is 9.29 Å². The summed E-state index contributed by atoms with van der Waals surface area (Å²) in [6.07, 6.45) is 1.30. The molecular formula is C10H15N3O3S. The van der Waals surface area contributed by atoms with Crippen molar-refractivity contribution in [1.29, 1.82) is 0 Å². The molecule has 0 spiro atoms. The Labute approximate surface area is 100 Å². The van der Waals surface area contributed by atoms with E-state index >= 15 is 0 Å². The van der Waals surface area contributed by atoms with E-state index in [4.69, 9.17) is 10.5 Å². The maximum absolute atomic E-state index is 12.2. The van der Waals surface area contributed by atoms with Gasteiger partial charge in [-0.05, 0) is 18.6 Å². The van der Waals surface area contributed by atoms with Crippen LogP contribution in [0.1, 0.15) is 5.56 Å².